The SMILES string of the molecule is CCCCCOc1ccc(CNCCOCC(C)C)cc1. The predicted octanol–water partition coefficient (Wildman–Crippen LogP) is 4.02. The third-order valence-electron chi connectivity index (χ3n) is 3.14. The van der Waals surface area contributed by atoms with E-state index < -0.39 is 0 Å². The summed E-state index contributed by atoms with van der Waals surface area (Å²) in [6, 6.07) is 8.35. The average molecular weight is 293 g/mol. The number of nitrogens with one attached hydrogen (secondary N) is 1. The molecule has 3 heteroatoms. The van der Waals surface area contributed by atoms with Crippen molar-refractivity contribution in [1.82, 2.24) is 5.32 Å². The average Bonchev–Trinajstić information content (AvgIpc) is 2.48. The highest BCUT2D eigenvalue weighted by Crippen LogP contribution is 2.12. The molecular weight excluding hydrogens is 262 g/mol. The van der Waals surface area contributed by atoms with Crippen molar-refractivity contribution in [1.29, 1.82) is 0 Å². The first-order valence-corrected chi connectivity index (χ1v) is 8.22. The maximum absolute atomic E-state index is 5.70. The van der Waals surface area contributed by atoms with E-state index in [1.54, 1.807) is 0 Å². The summed E-state index contributed by atoms with van der Waals surface area (Å²) in [6.07, 6.45) is 3.60. The van der Waals surface area contributed by atoms with E-state index in [1.165, 1.54) is 18.4 Å². The number of ether oxygens (including phenoxy) is 2. The minimum atomic E-state index is 0.606. The van der Waals surface area contributed by atoms with Crippen LogP contribution in [-0.2, 0) is 11.3 Å². The molecule has 1 N–H and O–H groups in total. The molecule has 120 valence electrons. The van der Waals surface area contributed by atoms with Gasteiger partial charge in [0.15, 0.2) is 0 Å². The van der Waals surface area contributed by atoms with Gasteiger partial charge >= 0.3 is 0 Å². The van der Waals surface area contributed by atoms with Crippen LogP contribution >= 0.6 is 0 Å². The van der Waals surface area contributed by atoms with E-state index in [9.17, 15) is 0 Å². The fraction of sp³-hybridized carbons (Fsp3) is 0.667. The Balaban J connectivity index is 2.10. The van der Waals surface area contributed by atoms with Gasteiger partial charge in [0.25, 0.3) is 0 Å². The van der Waals surface area contributed by atoms with Crippen molar-refractivity contribution in [3.63, 3.8) is 0 Å². The lowest BCUT2D eigenvalue weighted by Crippen LogP contribution is -2.20. The molecule has 0 spiro atoms. The highest BCUT2D eigenvalue weighted by atomic mass is 16.5. The van der Waals surface area contributed by atoms with E-state index in [0.29, 0.717) is 5.92 Å². The summed E-state index contributed by atoms with van der Waals surface area (Å²) < 4.78 is 11.2. The van der Waals surface area contributed by atoms with E-state index in [1.807, 2.05) is 0 Å². The normalized spacial score (nSPS) is 11.0. The Labute approximate surface area is 130 Å². The summed E-state index contributed by atoms with van der Waals surface area (Å²) in [7, 11) is 0. The molecule has 1 rings (SSSR count). The molecule has 0 saturated carbocycles. The van der Waals surface area contributed by atoms with Gasteiger partial charge in [0.2, 0.25) is 0 Å². The minimum Gasteiger partial charge on any atom is -0.494 e. The zero-order chi connectivity index (χ0) is 15.3. The molecule has 3 nitrogen and oxygen atoms in total. The highest BCUT2D eigenvalue weighted by Gasteiger charge is 1.97. The van der Waals surface area contributed by atoms with Gasteiger partial charge in [-0.3, -0.25) is 0 Å². The number of benzene rings is 1. The van der Waals surface area contributed by atoms with E-state index >= 15 is 0 Å². The van der Waals surface area contributed by atoms with Gasteiger partial charge in [0.1, 0.15) is 5.75 Å². The Bertz CT molecular complexity index is 349. The van der Waals surface area contributed by atoms with E-state index in [2.05, 4.69) is 50.4 Å². The van der Waals surface area contributed by atoms with Gasteiger partial charge in [-0.05, 0) is 30.0 Å². The number of unbranched alkanes of at least 4 members (excludes halogenated alkanes) is 2. The van der Waals surface area contributed by atoms with Gasteiger partial charge < -0.3 is 14.8 Å². The molecule has 0 amide bonds. The smallest absolute Gasteiger partial charge is 0.119 e. The molecular formula is C18H31NO2. The van der Waals surface area contributed by atoms with Crippen molar-refractivity contribution in [3.05, 3.63) is 29.8 Å². The quantitative estimate of drug-likeness (QED) is 0.590. The van der Waals surface area contributed by atoms with Crippen molar-refractivity contribution in [2.75, 3.05) is 26.4 Å². The molecule has 0 unspecified atom stereocenters. The van der Waals surface area contributed by atoms with Crippen LogP contribution < -0.4 is 10.1 Å². The Morgan fingerprint density at radius 2 is 1.81 bits per heavy atom. The lowest BCUT2D eigenvalue weighted by molar-refractivity contribution is 0.111. The summed E-state index contributed by atoms with van der Waals surface area (Å²) in [6.45, 7) is 10.7. The Morgan fingerprint density at radius 3 is 2.48 bits per heavy atom. The largest absolute Gasteiger partial charge is 0.494 e. The second kappa shape index (κ2) is 11.6. The van der Waals surface area contributed by atoms with Crippen LogP contribution in [0.15, 0.2) is 24.3 Å². The summed E-state index contributed by atoms with van der Waals surface area (Å²) in [5.41, 5.74) is 1.28. The zero-order valence-corrected chi connectivity index (χ0v) is 13.9. The van der Waals surface area contributed by atoms with Gasteiger partial charge in [-0.1, -0.05) is 45.7 Å². The fourth-order valence-electron chi connectivity index (χ4n) is 1.94. The fourth-order valence-corrected chi connectivity index (χ4v) is 1.94. The molecule has 0 aliphatic heterocycles. The second-order valence-corrected chi connectivity index (χ2v) is 5.85. The van der Waals surface area contributed by atoms with Gasteiger partial charge in [-0.15, -0.1) is 0 Å². The van der Waals surface area contributed by atoms with Crippen LogP contribution in [0.5, 0.6) is 5.75 Å². The first kappa shape index (κ1) is 18.0. The van der Waals surface area contributed by atoms with E-state index in [0.717, 1.165) is 45.1 Å². The second-order valence-electron chi connectivity index (χ2n) is 5.85. The Hall–Kier alpha value is -1.06. The molecule has 0 bridgehead atoms. The summed E-state index contributed by atoms with van der Waals surface area (Å²) in [4.78, 5) is 0. The van der Waals surface area contributed by atoms with E-state index in [4.69, 9.17) is 9.47 Å². The topological polar surface area (TPSA) is 30.5 Å². The molecule has 0 radical (unpaired) electrons. The third-order valence-corrected chi connectivity index (χ3v) is 3.14. The van der Waals surface area contributed by atoms with Crippen molar-refractivity contribution in [3.8, 4) is 5.75 Å². The zero-order valence-electron chi connectivity index (χ0n) is 13.9. The van der Waals surface area contributed by atoms with Crippen molar-refractivity contribution >= 4 is 0 Å². The first-order chi connectivity index (χ1) is 10.2. The molecule has 0 fully saturated rings. The lowest BCUT2D eigenvalue weighted by atomic mass is 10.2. The van der Waals surface area contributed by atoms with Crippen LogP contribution in [-0.4, -0.2) is 26.4 Å². The van der Waals surface area contributed by atoms with Crippen LogP contribution in [0.1, 0.15) is 45.6 Å². The van der Waals surface area contributed by atoms with Crippen LogP contribution in [0, 0.1) is 5.92 Å². The third kappa shape index (κ3) is 9.48. The van der Waals surface area contributed by atoms with Crippen LogP contribution in [0.4, 0.5) is 0 Å². The van der Waals surface area contributed by atoms with Crippen molar-refractivity contribution < 1.29 is 9.47 Å². The number of hydrogen-bond acceptors (Lipinski definition) is 3. The molecule has 1 aromatic rings. The first-order valence-electron chi connectivity index (χ1n) is 8.22. The van der Waals surface area contributed by atoms with Crippen LogP contribution in [0.3, 0.4) is 0 Å². The molecule has 0 aliphatic rings. The highest BCUT2D eigenvalue weighted by molar-refractivity contribution is 5.27. The molecule has 0 aromatic heterocycles. The van der Waals surface area contributed by atoms with Crippen LogP contribution in [0.2, 0.25) is 0 Å². The minimum absolute atomic E-state index is 0.606. The lowest BCUT2D eigenvalue weighted by Gasteiger charge is -2.09. The molecule has 21 heavy (non-hydrogen) atoms. The number of hydrogen-bond donors (Lipinski definition) is 1. The standard InChI is InChI=1S/C18H31NO2/c1-4-5-6-12-21-18-9-7-17(8-10-18)14-19-11-13-20-15-16(2)3/h7-10,16,19H,4-6,11-15H2,1-3H3. The molecule has 0 atom stereocenters. The molecule has 1 aromatic carbocycles. The maximum Gasteiger partial charge on any atom is 0.119 e. The van der Waals surface area contributed by atoms with Crippen molar-refractivity contribution in [2.45, 2.75) is 46.6 Å². The Morgan fingerprint density at radius 1 is 1.05 bits per heavy atom. The van der Waals surface area contributed by atoms with Crippen molar-refractivity contribution in [2.24, 2.45) is 5.92 Å². The number of rotatable bonds is 12. The van der Waals surface area contributed by atoms with Gasteiger partial charge in [0.05, 0.1) is 13.2 Å². The monoisotopic (exact) mass is 293 g/mol. The molecule has 0 saturated heterocycles. The summed E-state index contributed by atoms with van der Waals surface area (Å²) in [5.74, 6) is 1.57. The molecule has 0 heterocycles. The molecule has 0 aliphatic carbocycles. The summed E-state index contributed by atoms with van der Waals surface area (Å²) >= 11 is 0. The predicted molar refractivity (Wildman–Crippen MR) is 88.8 cm³/mol. The summed E-state index contributed by atoms with van der Waals surface area (Å²) in [5, 5.41) is 3.39. The van der Waals surface area contributed by atoms with Crippen LogP contribution in [0.25, 0.3) is 0 Å². The van der Waals surface area contributed by atoms with Gasteiger partial charge in [-0.2, -0.15) is 0 Å². The van der Waals surface area contributed by atoms with E-state index in [-0.39, 0.29) is 0 Å². The maximum atomic E-state index is 5.70. The van der Waals surface area contributed by atoms with Gasteiger partial charge in [-0.25, -0.2) is 0 Å². The van der Waals surface area contributed by atoms with Gasteiger partial charge in [0, 0.05) is 19.7 Å². The Kier molecular flexibility index (Phi) is 9.92.